The van der Waals surface area contributed by atoms with Crippen LogP contribution in [0.2, 0.25) is 5.02 Å². The number of halogens is 1. The third-order valence-electron chi connectivity index (χ3n) is 2.42. The second-order valence-electron chi connectivity index (χ2n) is 3.84. The number of aryl methyl sites for hydroxylation is 1. The van der Waals surface area contributed by atoms with Crippen molar-refractivity contribution in [2.45, 2.75) is 26.2 Å². The second-order valence-corrected chi connectivity index (χ2v) is 4.24. The molecule has 0 aliphatic rings. The SMILES string of the molecule is Cc1cc(C(=O)NCCCCC#N)ccc1Cl. The van der Waals surface area contributed by atoms with Crippen molar-refractivity contribution in [1.29, 1.82) is 5.26 Å². The molecule has 1 rings (SSSR count). The molecule has 0 spiro atoms. The summed E-state index contributed by atoms with van der Waals surface area (Å²) >= 11 is 5.88. The lowest BCUT2D eigenvalue weighted by atomic mass is 10.1. The molecule has 0 fully saturated rings. The van der Waals surface area contributed by atoms with Gasteiger partial charge in [-0.15, -0.1) is 0 Å². The van der Waals surface area contributed by atoms with Gasteiger partial charge >= 0.3 is 0 Å². The molecule has 0 saturated carbocycles. The number of nitrogens with zero attached hydrogens (tertiary/aromatic N) is 1. The quantitative estimate of drug-likeness (QED) is 0.817. The Morgan fingerprint density at radius 1 is 1.47 bits per heavy atom. The zero-order valence-electron chi connectivity index (χ0n) is 9.79. The van der Waals surface area contributed by atoms with Gasteiger partial charge in [-0.2, -0.15) is 5.26 Å². The van der Waals surface area contributed by atoms with Gasteiger partial charge < -0.3 is 5.32 Å². The van der Waals surface area contributed by atoms with Crippen molar-refractivity contribution in [3.63, 3.8) is 0 Å². The first kappa shape index (κ1) is 13.5. The van der Waals surface area contributed by atoms with Crippen LogP contribution in [0.15, 0.2) is 18.2 Å². The van der Waals surface area contributed by atoms with Crippen molar-refractivity contribution in [2.24, 2.45) is 0 Å². The normalized spacial score (nSPS) is 9.71. The number of nitriles is 1. The Morgan fingerprint density at radius 2 is 2.24 bits per heavy atom. The van der Waals surface area contributed by atoms with Gasteiger partial charge in [-0.3, -0.25) is 4.79 Å². The van der Waals surface area contributed by atoms with Crippen molar-refractivity contribution in [3.05, 3.63) is 34.3 Å². The molecule has 4 heteroatoms. The highest BCUT2D eigenvalue weighted by atomic mass is 35.5. The molecule has 0 unspecified atom stereocenters. The molecule has 0 radical (unpaired) electrons. The van der Waals surface area contributed by atoms with Crippen molar-refractivity contribution in [2.75, 3.05) is 6.54 Å². The van der Waals surface area contributed by atoms with Gasteiger partial charge in [0.1, 0.15) is 0 Å². The van der Waals surface area contributed by atoms with Crippen LogP contribution in [0.5, 0.6) is 0 Å². The van der Waals surface area contributed by atoms with Crippen LogP contribution in [0.4, 0.5) is 0 Å². The zero-order valence-corrected chi connectivity index (χ0v) is 10.5. The van der Waals surface area contributed by atoms with Gasteiger partial charge in [0.15, 0.2) is 0 Å². The molecule has 17 heavy (non-hydrogen) atoms. The van der Waals surface area contributed by atoms with Crippen molar-refractivity contribution in [1.82, 2.24) is 5.32 Å². The summed E-state index contributed by atoms with van der Waals surface area (Å²) in [7, 11) is 0. The third kappa shape index (κ3) is 4.46. The van der Waals surface area contributed by atoms with Crippen LogP contribution in [0, 0.1) is 18.3 Å². The smallest absolute Gasteiger partial charge is 0.251 e. The van der Waals surface area contributed by atoms with E-state index in [1.54, 1.807) is 18.2 Å². The van der Waals surface area contributed by atoms with Crippen molar-refractivity contribution >= 4 is 17.5 Å². The number of carbonyl (C=O) groups is 1. The number of carbonyl (C=O) groups excluding carboxylic acids is 1. The molecule has 0 aromatic heterocycles. The summed E-state index contributed by atoms with van der Waals surface area (Å²) < 4.78 is 0. The predicted octanol–water partition coefficient (Wildman–Crippen LogP) is 3.07. The Balaban J connectivity index is 2.42. The van der Waals surface area contributed by atoms with Crippen LogP contribution in [-0.2, 0) is 0 Å². The molecule has 1 aromatic carbocycles. The number of unbranched alkanes of at least 4 members (excludes halogenated alkanes) is 2. The highest BCUT2D eigenvalue weighted by Crippen LogP contribution is 2.16. The Kier molecular flexibility index (Phi) is 5.51. The van der Waals surface area contributed by atoms with Gasteiger partial charge in [-0.05, 0) is 43.5 Å². The van der Waals surface area contributed by atoms with Gasteiger partial charge in [-0.25, -0.2) is 0 Å². The lowest BCUT2D eigenvalue weighted by molar-refractivity contribution is 0.0953. The Bertz CT molecular complexity index is 438. The summed E-state index contributed by atoms with van der Waals surface area (Å²) in [5, 5.41) is 11.8. The average molecular weight is 251 g/mol. The van der Waals surface area contributed by atoms with E-state index in [1.165, 1.54) is 0 Å². The summed E-state index contributed by atoms with van der Waals surface area (Å²) in [6.45, 7) is 2.47. The molecule has 0 saturated heterocycles. The number of hydrogen-bond acceptors (Lipinski definition) is 2. The summed E-state index contributed by atoms with van der Waals surface area (Å²) in [5.74, 6) is -0.0956. The number of rotatable bonds is 5. The molecule has 0 bridgehead atoms. The first-order chi connectivity index (χ1) is 8.15. The Hall–Kier alpha value is -1.53. The number of nitrogens with one attached hydrogen (secondary N) is 1. The molecular formula is C13H15ClN2O. The average Bonchev–Trinajstić information content (AvgIpc) is 2.32. The fourth-order valence-electron chi connectivity index (χ4n) is 1.42. The number of hydrogen-bond donors (Lipinski definition) is 1. The van der Waals surface area contributed by atoms with E-state index in [4.69, 9.17) is 16.9 Å². The molecule has 0 aliphatic carbocycles. The van der Waals surface area contributed by atoms with E-state index in [9.17, 15) is 4.79 Å². The maximum absolute atomic E-state index is 11.7. The Labute approximate surface area is 106 Å². The lowest BCUT2D eigenvalue weighted by Crippen LogP contribution is -2.24. The Morgan fingerprint density at radius 3 is 2.88 bits per heavy atom. The maximum Gasteiger partial charge on any atom is 0.251 e. The van der Waals surface area contributed by atoms with Crippen LogP contribution in [0.1, 0.15) is 35.2 Å². The summed E-state index contributed by atoms with van der Waals surface area (Å²) in [4.78, 5) is 11.7. The number of amides is 1. The van der Waals surface area contributed by atoms with E-state index in [2.05, 4.69) is 11.4 Å². The van der Waals surface area contributed by atoms with Crippen molar-refractivity contribution < 1.29 is 4.79 Å². The summed E-state index contributed by atoms with van der Waals surface area (Å²) in [5.41, 5.74) is 1.51. The van der Waals surface area contributed by atoms with E-state index in [-0.39, 0.29) is 5.91 Å². The predicted molar refractivity (Wildman–Crippen MR) is 68.0 cm³/mol. The van der Waals surface area contributed by atoms with E-state index < -0.39 is 0 Å². The topological polar surface area (TPSA) is 52.9 Å². The van der Waals surface area contributed by atoms with E-state index >= 15 is 0 Å². The zero-order chi connectivity index (χ0) is 12.7. The fraction of sp³-hybridized carbons (Fsp3) is 0.385. The first-order valence-electron chi connectivity index (χ1n) is 5.56. The maximum atomic E-state index is 11.7. The minimum absolute atomic E-state index is 0.0956. The summed E-state index contributed by atoms with van der Waals surface area (Å²) in [6, 6.07) is 7.28. The second kappa shape index (κ2) is 6.93. The molecular weight excluding hydrogens is 236 g/mol. The van der Waals surface area contributed by atoms with Crippen LogP contribution < -0.4 is 5.32 Å². The van der Waals surface area contributed by atoms with Crippen LogP contribution in [0.25, 0.3) is 0 Å². The lowest BCUT2D eigenvalue weighted by Gasteiger charge is -2.06. The van der Waals surface area contributed by atoms with Crippen LogP contribution in [0.3, 0.4) is 0 Å². The fourth-order valence-corrected chi connectivity index (χ4v) is 1.54. The van der Waals surface area contributed by atoms with Gasteiger partial charge in [0.05, 0.1) is 6.07 Å². The van der Waals surface area contributed by atoms with E-state index in [1.807, 2.05) is 6.92 Å². The van der Waals surface area contributed by atoms with Crippen molar-refractivity contribution in [3.8, 4) is 6.07 Å². The first-order valence-corrected chi connectivity index (χ1v) is 5.94. The molecule has 3 nitrogen and oxygen atoms in total. The molecule has 0 aliphatic heterocycles. The minimum Gasteiger partial charge on any atom is -0.352 e. The van der Waals surface area contributed by atoms with Crippen LogP contribution in [-0.4, -0.2) is 12.5 Å². The highest BCUT2D eigenvalue weighted by Gasteiger charge is 2.05. The monoisotopic (exact) mass is 250 g/mol. The van der Waals surface area contributed by atoms with E-state index in [0.29, 0.717) is 23.6 Å². The standard InChI is InChI=1S/C13H15ClN2O/c1-10-9-11(5-6-12(10)14)13(17)16-8-4-2-3-7-15/h5-6,9H,2-4,8H2,1H3,(H,16,17). The molecule has 1 N–H and O–H groups in total. The molecule has 90 valence electrons. The molecule has 0 atom stereocenters. The van der Waals surface area contributed by atoms with Crippen LogP contribution >= 0.6 is 11.6 Å². The number of benzene rings is 1. The minimum atomic E-state index is -0.0956. The summed E-state index contributed by atoms with van der Waals surface area (Å²) in [6.07, 6.45) is 2.18. The molecule has 1 amide bonds. The molecule has 1 aromatic rings. The molecule has 0 heterocycles. The van der Waals surface area contributed by atoms with Gasteiger partial charge in [0.25, 0.3) is 5.91 Å². The van der Waals surface area contributed by atoms with E-state index in [0.717, 1.165) is 18.4 Å². The van der Waals surface area contributed by atoms with Gasteiger partial charge in [0, 0.05) is 23.6 Å². The largest absolute Gasteiger partial charge is 0.352 e. The van der Waals surface area contributed by atoms with Gasteiger partial charge in [-0.1, -0.05) is 11.6 Å². The third-order valence-corrected chi connectivity index (χ3v) is 2.85. The van der Waals surface area contributed by atoms with Gasteiger partial charge in [0.2, 0.25) is 0 Å². The highest BCUT2D eigenvalue weighted by molar-refractivity contribution is 6.31.